The molecule has 212 valence electrons. The fraction of sp³-hybridized carbons (Fsp3) is 0.296. The minimum atomic E-state index is -2.97. The number of aliphatic carboxylic acids is 1. The number of aromatic hydroxyl groups is 4. The highest BCUT2D eigenvalue weighted by atomic mass is 16.7. The third-order valence-corrected chi connectivity index (χ3v) is 6.81. The van der Waals surface area contributed by atoms with E-state index in [0.29, 0.717) is 11.1 Å². The number of aliphatic hydroxyl groups is 3. The average molecular weight is 558 g/mol. The summed E-state index contributed by atoms with van der Waals surface area (Å²) in [6.07, 6.45) is -2.49. The quantitative estimate of drug-likeness (QED) is 0.106. The molecule has 2 aliphatic rings. The fourth-order valence-electron chi connectivity index (χ4n) is 4.54. The summed E-state index contributed by atoms with van der Waals surface area (Å²) in [7, 11) is 0. The SMILES string of the molecule is O=C(C=Cc1ccc(O)c(O)c1)OC1(O)C(O)CC(O)(C(=O)O)CC1OC(=O)C1=Cc2cc(O)c(O)cc2CC1. The predicted molar refractivity (Wildman–Crippen MR) is 134 cm³/mol. The Kier molecular flexibility index (Phi) is 7.48. The number of hydrogen-bond acceptors (Lipinski definition) is 12. The number of fused-ring (bicyclic) bond motifs is 1. The fourth-order valence-corrected chi connectivity index (χ4v) is 4.54. The van der Waals surface area contributed by atoms with Crippen molar-refractivity contribution < 1.29 is 64.7 Å². The van der Waals surface area contributed by atoms with Gasteiger partial charge in [0.15, 0.2) is 34.7 Å². The van der Waals surface area contributed by atoms with Crippen LogP contribution in [0.2, 0.25) is 0 Å². The Morgan fingerprint density at radius 2 is 1.57 bits per heavy atom. The number of ether oxygens (including phenoxy) is 2. The summed E-state index contributed by atoms with van der Waals surface area (Å²) in [4.78, 5) is 37.3. The van der Waals surface area contributed by atoms with E-state index in [1.807, 2.05) is 0 Å². The number of phenols is 4. The van der Waals surface area contributed by atoms with Crippen LogP contribution in [0.3, 0.4) is 0 Å². The van der Waals surface area contributed by atoms with Gasteiger partial charge in [-0.25, -0.2) is 14.4 Å². The van der Waals surface area contributed by atoms with Gasteiger partial charge in [0.2, 0.25) is 0 Å². The van der Waals surface area contributed by atoms with Crippen LogP contribution in [0.4, 0.5) is 0 Å². The third-order valence-electron chi connectivity index (χ3n) is 6.81. The van der Waals surface area contributed by atoms with E-state index in [4.69, 9.17) is 9.47 Å². The van der Waals surface area contributed by atoms with Crippen LogP contribution in [0, 0.1) is 0 Å². The van der Waals surface area contributed by atoms with Gasteiger partial charge in [-0.2, -0.15) is 0 Å². The summed E-state index contributed by atoms with van der Waals surface area (Å²) in [5.41, 5.74) is -1.35. The number of carbonyl (C=O) groups is 3. The van der Waals surface area contributed by atoms with Crippen molar-refractivity contribution in [3.63, 3.8) is 0 Å². The van der Waals surface area contributed by atoms with Crippen molar-refractivity contribution in [3.05, 3.63) is 58.7 Å². The molecular weight excluding hydrogens is 532 g/mol. The van der Waals surface area contributed by atoms with Gasteiger partial charge in [-0.3, -0.25) is 0 Å². The van der Waals surface area contributed by atoms with Crippen molar-refractivity contribution in [3.8, 4) is 23.0 Å². The molecule has 2 aromatic rings. The molecule has 0 aliphatic heterocycles. The Bertz CT molecular complexity index is 1430. The topological polar surface area (TPSA) is 232 Å². The van der Waals surface area contributed by atoms with E-state index in [-0.39, 0.29) is 29.7 Å². The van der Waals surface area contributed by atoms with Gasteiger partial charge < -0.3 is 50.3 Å². The molecule has 0 bridgehead atoms. The maximum atomic E-state index is 13.0. The number of benzene rings is 2. The molecule has 2 aliphatic carbocycles. The maximum absolute atomic E-state index is 13.0. The van der Waals surface area contributed by atoms with Gasteiger partial charge in [-0.1, -0.05) is 6.07 Å². The minimum absolute atomic E-state index is 0.0252. The lowest BCUT2D eigenvalue weighted by Gasteiger charge is -2.45. The summed E-state index contributed by atoms with van der Waals surface area (Å²) in [6.45, 7) is 0. The van der Waals surface area contributed by atoms with Crippen LogP contribution in [-0.4, -0.2) is 82.4 Å². The molecule has 8 N–H and O–H groups in total. The molecule has 13 nitrogen and oxygen atoms in total. The van der Waals surface area contributed by atoms with Gasteiger partial charge in [-0.05, 0) is 65.9 Å². The van der Waals surface area contributed by atoms with Crippen molar-refractivity contribution in [2.75, 3.05) is 0 Å². The Balaban J connectivity index is 1.59. The molecule has 0 saturated heterocycles. The number of aryl methyl sites for hydroxylation is 1. The Hall–Kier alpha value is -4.59. The molecule has 4 unspecified atom stereocenters. The molecule has 0 spiro atoms. The van der Waals surface area contributed by atoms with Gasteiger partial charge in [-0.15, -0.1) is 0 Å². The van der Waals surface area contributed by atoms with E-state index in [1.165, 1.54) is 24.3 Å². The monoisotopic (exact) mass is 558 g/mol. The summed E-state index contributed by atoms with van der Waals surface area (Å²) < 4.78 is 10.3. The number of esters is 2. The molecule has 0 amide bonds. The first-order valence-electron chi connectivity index (χ1n) is 12.0. The molecule has 1 fully saturated rings. The van der Waals surface area contributed by atoms with Gasteiger partial charge in [0.25, 0.3) is 5.79 Å². The second-order valence-electron chi connectivity index (χ2n) is 9.62. The number of rotatable bonds is 6. The lowest BCUT2D eigenvalue weighted by atomic mass is 9.77. The molecule has 0 heterocycles. The molecule has 2 aromatic carbocycles. The number of phenolic OH excluding ortho intramolecular Hbond substituents is 4. The molecule has 4 atom stereocenters. The van der Waals surface area contributed by atoms with Crippen molar-refractivity contribution in [1.29, 1.82) is 0 Å². The standard InChI is InChI=1S/C27H26O13/c28-17-5-1-13(7-18(17)29)2-6-23(33)40-27(38)21(32)11-26(37,25(35)36)12-22(27)39-24(34)15-4-3-14-9-19(30)20(31)10-16(14)8-15/h1-2,5-10,21-22,28-32,37-38H,3-4,11-12H2,(H,35,36). The molecule has 0 aromatic heterocycles. The molecule has 13 heteroatoms. The Morgan fingerprint density at radius 3 is 2.25 bits per heavy atom. The summed E-state index contributed by atoms with van der Waals surface area (Å²) in [6, 6.07) is 6.18. The van der Waals surface area contributed by atoms with Gasteiger partial charge in [0, 0.05) is 24.5 Å². The summed E-state index contributed by atoms with van der Waals surface area (Å²) in [5, 5.41) is 80.2. The second-order valence-corrected chi connectivity index (χ2v) is 9.62. The zero-order valence-corrected chi connectivity index (χ0v) is 20.7. The molecule has 1 saturated carbocycles. The largest absolute Gasteiger partial charge is 0.504 e. The van der Waals surface area contributed by atoms with Crippen LogP contribution < -0.4 is 0 Å². The molecule has 0 radical (unpaired) electrons. The number of carboxylic acids is 1. The van der Waals surface area contributed by atoms with E-state index >= 15 is 0 Å². The second kappa shape index (κ2) is 10.5. The first-order valence-corrected chi connectivity index (χ1v) is 12.0. The van der Waals surface area contributed by atoms with E-state index in [0.717, 1.165) is 24.3 Å². The van der Waals surface area contributed by atoms with Crippen molar-refractivity contribution >= 4 is 30.1 Å². The van der Waals surface area contributed by atoms with Crippen LogP contribution in [0.25, 0.3) is 12.2 Å². The summed E-state index contributed by atoms with van der Waals surface area (Å²) >= 11 is 0. The highest BCUT2D eigenvalue weighted by molar-refractivity contribution is 5.95. The normalized spacial score (nSPS) is 26.0. The van der Waals surface area contributed by atoms with E-state index in [2.05, 4.69) is 0 Å². The van der Waals surface area contributed by atoms with E-state index in [1.54, 1.807) is 0 Å². The van der Waals surface area contributed by atoms with Gasteiger partial charge in [0.05, 0.1) is 0 Å². The number of carboxylic acid groups (broad SMARTS) is 1. The van der Waals surface area contributed by atoms with Crippen molar-refractivity contribution in [2.24, 2.45) is 0 Å². The van der Waals surface area contributed by atoms with Crippen LogP contribution in [-0.2, 0) is 30.3 Å². The highest BCUT2D eigenvalue weighted by Crippen LogP contribution is 2.40. The lowest BCUT2D eigenvalue weighted by Crippen LogP contribution is -2.66. The van der Waals surface area contributed by atoms with Crippen molar-refractivity contribution in [2.45, 2.75) is 49.3 Å². The number of hydrogen-bond donors (Lipinski definition) is 8. The molecule has 40 heavy (non-hydrogen) atoms. The molecular formula is C27H26O13. The maximum Gasteiger partial charge on any atom is 0.335 e. The smallest absolute Gasteiger partial charge is 0.335 e. The van der Waals surface area contributed by atoms with Crippen molar-refractivity contribution in [1.82, 2.24) is 0 Å². The first kappa shape index (κ1) is 28.4. The number of aliphatic hydroxyl groups excluding tert-OH is 1. The van der Waals surface area contributed by atoms with Gasteiger partial charge in [0.1, 0.15) is 6.10 Å². The zero-order valence-electron chi connectivity index (χ0n) is 20.7. The Morgan fingerprint density at radius 1 is 0.900 bits per heavy atom. The average Bonchev–Trinajstić information content (AvgIpc) is 2.88. The molecule has 4 rings (SSSR count). The summed E-state index contributed by atoms with van der Waals surface area (Å²) in [5.74, 6) is -8.70. The minimum Gasteiger partial charge on any atom is -0.504 e. The van der Waals surface area contributed by atoms with E-state index < -0.39 is 71.6 Å². The number of carbonyl (C=O) groups excluding carboxylic acids is 2. The lowest BCUT2D eigenvalue weighted by molar-refractivity contribution is -0.314. The predicted octanol–water partition coefficient (Wildman–Crippen LogP) is 0.666. The first-order chi connectivity index (χ1) is 18.7. The van der Waals surface area contributed by atoms with Crippen LogP contribution in [0.5, 0.6) is 23.0 Å². The van der Waals surface area contributed by atoms with Gasteiger partial charge >= 0.3 is 17.9 Å². The van der Waals surface area contributed by atoms with Crippen LogP contribution in [0.15, 0.2) is 42.0 Å². The third kappa shape index (κ3) is 5.57. The Labute approximate surface area is 226 Å². The van der Waals surface area contributed by atoms with E-state index in [9.17, 15) is 55.2 Å². The highest BCUT2D eigenvalue weighted by Gasteiger charge is 2.61. The zero-order chi connectivity index (χ0) is 29.4. The van der Waals surface area contributed by atoms with Crippen LogP contribution >= 0.6 is 0 Å². The van der Waals surface area contributed by atoms with Crippen LogP contribution in [0.1, 0.15) is 36.0 Å².